The van der Waals surface area contributed by atoms with Crippen LogP contribution in [-0.4, -0.2) is 5.97 Å². The fourth-order valence-corrected chi connectivity index (χ4v) is 3.28. The van der Waals surface area contributed by atoms with Crippen molar-refractivity contribution in [3.8, 4) is 0 Å². The fraction of sp³-hybridized carbons (Fsp3) is 0.208. The van der Waals surface area contributed by atoms with Gasteiger partial charge in [0.2, 0.25) is 0 Å². The summed E-state index contributed by atoms with van der Waals surface area (Å²) in [6.07, 6.45) is -0.419. The van der Waals surface area contributed by atoms with Crippen molar-refractivity contribution in [3.05, 3.63) is 108 Å². The van der Waals surface area contributed by atoms with Crippen molar-refractivity contribution < 1.29 is 9.53 Å². The molecule has 1 N–H and O–H groups in total. The minimum Gasteiger partial charge on any atom is -0.456 e. The molecule has 0 saturated carbocycles. The molecule has 0 aliphatic rings. The van der Waals surface area contributed by atoms with E-state index < -0.39 is 6.10 Å². The van der Waals surface area contributed by atoms with E-state index in [-0.39, 0.29) is 18.1 Å². The van der Waals surface area contributed by atoms with Crippen LogP contribution in [-0.2, 0) is 9.53 Å². The standard InChI is InChI=1S/C24H25NO2/c1-18(20-12-6-3-7-13-20)25-23(21-14-8-4-9-15-21)24(27-19(2)26)22-16-10-5-11-17-22/h3-18,23-25H,1-2H3/t18-,23?,24?/m0/s1. The monoisotopic (exact) mass is 359 g/mol. The van der Waals surface area contributed by atoms with Crippen LogP contribution in [0.3, 0.4) is 0 Å². The van der Waals surface area contributed by atoms with Crippen molar-refractivity contribution >= 4 is 5.97 Å². The first kappa shape index (κ1) is 18.9. The lowest BCUT2D eigenvalue weighted by Gasteiger charge is -2.31. The van der Waals surface area contributed by atoms with Gasteiger partial charge < -0.3 is 4.74 Å². The summed E-state index contributed by atoms with van der Waals surface area (Å²) in [6.45, 7) is 3.58. The summed E-state index contributed by atoms with van der Waals surface area (Å²) in [6, 6.07) is 30.2. The molecule has 0 aliphatic heterocycles. The van der Waals surface area contributed by atoms with Gasteiger partial charge in [-0.15, -0.1) is 0 Å². The second kappa shape index (κ2) is 9.15. The van der Waals surface area contributed by atoms with Crippen molar-refractivity contribution in [1.29, 1.82) is 0 Å². The molecule has 3 nitrogen and oxygen atoms in total. The molecule has 3 atom stereocenters. The van der Waals surface area contributed by atoms with E-state index in [1.807, 2.05) is 66.7 Å². The number of hydrogen-bond donors (Lipinski definition) is 1. The topological polar surface area (TPSA) is 38.3 Å². The number of carbonyl (C=O) groups excluding carboxylic acids is 1. The molecule has 0 heterocycles. The van der Waals surface area contributed by atoms with E-state index >= 15 is 0 Å². The molecule has 0 bridgehead atoms. The molecular formula is C24H25NO2. The molecule has 0 aliphatic carbocycles. The van der Waals surface area contributed by atoms with Gasteiger partial charge in [-0.1, -0.05) is 91.0 Å². The second-order valence-electron chi connectivity index (χ2n) is 6.63. The molecule has 27 heavy (non-hydrogen) atoms. The average molecular weight is 359 g/mol. The Kier molecular flexibility index (Phi) is 6.39. The zero-order valence-electron chi connectivity index (χ0n) is 15.7. The van der Waals surface area contributed by atoms with E-state index in [1.165, 1.54) is 12.5 Å². The van der Waals surface area contributed by atoms with E-state index in [0.717, 1.165) is 11.1 Å². The molecule has 0 amide bonds. The van der Waals surface area contributed by atoms with Gasteiger partial charge in [0.1, 0.15) is 6.10 Å². The van der Waals surface area contributed by atoms with Gasteiger partial charge >= 0.3 is 5.97 Å². The zero-order valence-corrected chi connectivity index (χ0v) is 15.7. The van der Waals surface area contributed by atoms with E-state index in [4.69, 9.17) is 4.74 Å². The second-order valence-corrected chi connectivity index (χ2v) is 6.63. The summed E-state index contributed by atoms with van der Waals surface area (Å²) in [5, 5.41) is 3.68. The number of rotatable bonds is 7. The summed E-state index contributed by atoms with van der Waals surface area (Å²) in [7, 11) is 0. The lowest BCUT2D eigenvalue weighted by Crippen LogP contribution is -2.31. The first-order chi connectivity index (χ1) is 13.1. The van der Waals surface area contributed by atoms with Crippen LogP contribution in [0.2, 0.25) is 0 Å². The van der Waals surface area contributed by atoms with Crippen LogP contribution in [0.25, 0.3) is 0 Å². The number of benzene rings is 3. The quantitative estimate of drug-likeness (QED) is 0.575. The Hall–Kier alpha value is -2.91. The Bertz CT molecular complexity index is 834. The highest BCUT2D eigenvalue weighted by Gasteiger charge is 2.29. The summed E-state index contributed by atoms with van der Waals surface area (Å²) in [5.41, 5.74) is 3.23. The fourth-order valence-electron chi connectivity index (χ4n) is 3.28. The Morgan fingerprint density at radius 3 is 1.67 bits per heavy atom. The summed E-state index contributed by atoms with van der Waals surface area (Å²) in [5.74, 6) is -0.293. The van der Waals surface area contributed by atoms with Crippen LogP contribution in [0.1, 0.15) is 48.7 Å². The van der Waals surface area contributed by atoms with Crippen LogP contribution in [0.15, 0.2) is 91.0 Å². The molecule has 0 fully saturated rings. The summed E-state index contributed by atoms with van der Waals surface area (Å²) >= 11 is 0. The third-order valence-corrected chi connectivity index (χ3v) is 4.61. The van der Waals surface area contributed by atoms with Crippen LogP contribution >= 0.6 is 0 Å². The lowest BCUT2D eigenvalue weighted by atomic mass is 9.94. The van der Waals surface area contributed by atoms with E-state index in [1.54, 1.807) is 0 Å². The minimum atomic E-state index is -0.419. The first-order valence-electron chi connectivity index (χ1n) is 9.23. The number of ether oxygens (including phenoxy) is 1. The maximum Gasteiger partial charge on any atom is 0.303 e. The molecule has 0 spiro atoms. The maximum atomic E-state index is 11.9. The normalized spacial score (nSPS) is 14.1. The van der Waals surface area contributed by atoms with Gasteiger partial charge in [-0.25, -0.2) is 0 Å². The van der Waals surface area contributed by atoms with Crippen molar-refractivity contribution in [2.24, 2.45) is 0 Å². The molecule has 3 rings (SSSR count). The predicted octanol–water partition coefficient (Wildman–Crippen LogP) is 5.38. The van der Waals surface area contributed by atoms with Crippen LogP contribution in [0, 0.1) is 0 Å². The number of hydrogen-bond acceptors (Lipinski definition) is 3. The Morgan fingerprint density at radius 1 is 0.741 bits per heavy atom. The third-order valence-electron chi connectivity index (χ3n) is 4.61. The predicted molar refractivity (Wildman–Crippen MR) is 108 cm³/mol. The minimum absolute atomic E-state index is 0.0955. The van der Waals surface area contributed by atoms with Crippen molar-refractivity contribution in [2.75, 3.05) is 0 Å². The summed E-state index contributed by atoms with van der Waals surface area (Å²) < 4.78 is 5.79. The highest BCUT2D eigenvalue weighted by atomic mass is 16.5. The van der Waals surface area contributed by atoms with E-state index in [9.17, 15) is 4.79 Å². The Balaban J connectivity index is 1.98. The molecule has 138 valence electrons. The maximum absolute atomic E-state index is 11.9. The van der Waals surface area contributed by atoms with Gasteiger partial charge in [0.05, 0.1) is 6.04 Å². The molecule has 3 aromatic rings. The Morgan fingerprint density at radius 2 is 1.19 bits per heavy atom. The molecule has 0 radical (unpaired) electrons. The molecule has 0 saturated heterocycles. The Labute approximate surface area is 161 Å². The van der Waals surface area contributed by atoms with Gasteiger partial charge in [0.25, 0.3) is 0 Å². The van der Waals surface area contributed by atoms with E-state index in [0.29, 0.717) is 0 Å². The third kappa shape index (κ3) is 5.05. The van der Waals surface area contributed by atoms with Gasteiger partial charge in [0.15, 0.2) is 0 Å². The van der Waals surface area contributed by atoms with Crippen molar-refractivity contribution in [1.82, 2.24) is 5.32 Å². The van der Waals surface area contributed by atoms with Crippen molar-refractivity contribution in [2.45, 2.75) is 32.0 Å². The smallest absolute Gasteiger partial charge is 0.303 e. The van der Waals surface area contributed by atoms with Gasteiger partial charge in [-0.3, -0.25) is 10.1 Å². The molecular weight excluding hydrogens is 334 g/mol. The largest absolute Gasteiger partial charge is 0.456 e. The SMILES string of the molecule is CC(=O)OC(c1ccccc1)C(N[C@@H](C)c1ccccc1)c1ccccc1. The van der Waals surface area contributed by atoms with Crippen molar-refractivity contribution in [3.63, 3.8) is 0 Å². The van der Waals surface area contributed by atoms with Crippen LogP contribution in [0.5, 0.6) is 0 Å². The number of nitrogens with one attached hydrogen (secondary N) is 1. The van der Waals surface area contributed by atoms with Gasteiger partial charge in [-0.05, 0) is 23.6 Å². The molecule has 0 aromatic heterocycles. The lowest BCUT2D eigenvalue weighted by molar-refractivity contribution is -0.148. The summed E-state index contributed by atoms with van der Waals surface area (Å²) in [4.78, 5) is 11.9. The van der Waals surface area contributed by atoms with Crippen LogP contribution < -0.4 is 5.32 Å². The zero-order chi connectivity index (χ0) is 19.1. The van der Waals surface area contributed by atoms with Gasteiger partial charge in [0, 0.05) is 13.0 Å². The van der Waals surface area contributed by atoms with E-state index in [2.05, 4.69) is 36.5 Å². The number of carbonyl (C=O) groups is 1. The highest BCUT2D eigenvalue weighted by Crippen LogP contribution is 2.34. The average Bonchev–Trinajstić information content (AvgIpc) is 2.72. The molecule has 3 heteroatoms. The molecule has 2 unspecified atom stereocenters. The first-order valence-corrected chi connectivity index (χ1v) is 9.23. The highest BCUT2D eigenvalue weighted by molar-refractivity contribution is 5.66. The molecule has 3 aromatic carbocycles. The van der Waals surface area contributed by atoms with Gasteiger partial charge in [-0.2, -0.15) is 0 Å². The van der Waals surface area contributed by atoms with Crippen LogP contribution in [0.4, 0.5) is 0 Å². The number of esters is 1.